The molecular weight excluding hydrogens is 430 g/mol. The smallest absolute Gasteiger partial charge is 0.253 e. The van der Waals surface area contributed by atoms with Gasteiger partial charge in [-0.15, -0.1) is 10.2 Å². The Morgan fingerprint density at radius 1 is 1.16 bits per heavy atom. The third-order valence-corrected chi connectivity index (χ3v) is 6.54. The van der Waals surface area contributed by atoms with E-state index >= 15 is 0 Å². The van der Waals surface area contributed by atoms with Gasteiger partial charge in [0.05, 0.1) is 11.4 Å². The van der Waals surface area contributed by atoms with Crippen molar-refractivity contribution < 1.29 is 17.4 Å². The largest absolute Gasteiger partial charge is 0.419 e. The SMILES string of the molecule is Cc1onc(-c2ccccc2)c1-c1nnc(CN2c3ccc(S(N)(=O)=O)cc3C[C@H]2C)o1. The summed E-state index contributed by atoms with van der Waals surface area (Å²) in [6.07, 6.45) is 0.697. The molecule has 0 aliphatic carbocycles. The molecule has 5 rings (SSSR count). The van der Waals surface area contributed by atoms with Crippen molar-refractivity contribution in [2.24, 2.45) is 5.14 Å². The van der Waals surface area contributed by atoms with Crippen LogP contribution < -0.4 is 10.0 Å². The molecule has 0 amide bonds. The van der Waals surface area contributed by atoms with E-state index in [0.717, 1.165) is 16.8 Å². The van der Waals surface area contributed by atoms with Crippen molar-refractivity contribution in [1.82, 2.24) is 15.4 Å². The van der Waals surface area contributed by atoms with Gasteiger partial charge >= 0.3 is 0 Å². The summed E-state index contributed by atoms with van der Waals surface area (Å²) in [6, 6.07) is 14.7. The summed E-state index contributed by atoms with van der Waals surface area (Å²) in [6.45, 7) is 4.26. The summed E-state index contributed by atoms with van der Waals surface area (Å²) in [5.74, 6) is 1.37. The minimum absolute atomic E-state index is 0.113. The van der Waals surface area contributed by atoms with Crippen LogP contribution in [0.2, 0.25) is 0 Å². The van der Waals surface area contributed by atoms with E-state index in [9.17, 15) is 8.42 Å². The van der Waals surface area contributed by atoms with Crippen LogP contribution in [0, 0.1) is 6.92 Å². The van der Waals surface area contributed by atoms with Crippen molar-refractivity contribution in [2.75, 3.05) is 4.90 Å². The van der Waals surface area contributed by atoms with Gasteiger partial charge in [0.15, 0.2) is 0 Å². The molecule has 1 atom stereocenters. The summed E-state index contributed by atoms with van der Waals surface area (Å²) in [7, 11) is -3.75. The number of aryl methyl sites for hydroxylation is 1. The van der Waals surface area contributed by atoms with Crippen molar-refractivity contribution in [3.8, 4) is 22.7 Å². The molecule has 4 aromatic rings. The fraction of sp³-hybridized carbons (Fsp3) is 0.227. The molecule has 0 radical (unpaired) electrons. The van der Waals surface area contributed by atoms with Crippen molar-refractivity contribution in [2.45, 2.75) is 37.8 Å². The minimum Gasteiger partial charge on any atom is -0.419 e. The number of nitrogens with zero attached hydrogens (tertiary/aromatic N) is 4. The number of hydrogen-bond acceptors (Lipinski definition) is 8. The lowest BCUT2D eigenvalue weighted by Gasteiger charge is -2.22. The van der Waals surface area contributed by atoms with Crippen LogP contribution in [0.15, 0.2) is 62.4 Å². The fourth-order valence-corrected chi connectivity index (χ4v) is 4.64. The zero-order valence-corrected chi connectivity index (χ0v) is 18.3. The maximum atomic E-state index is 11.7. The second-order valence-electron chi connectivity index (χ2n) is 7.85. The highest BCUT2D eigenvalue weighted by molar-refractivity contribution is 7.89. The molecule has 10 heteroatoms. The molecule has 2 aromatic carbocycles. The number of rotatable bonds is 5. The van der Waals surface area contributed by atoms with Crippen molar-refractivity contribution in [3.63, 3.8) is 0 Å². The number of nitrogens with two attached hydrogens (primary N) is 1. The van der Waals surface area contributed by atoms with Gasteiger partial charge < -0.3 is 13.8 Å². The standard InChI is InChI=1S/C22H21N5O4S/c1-13-10-16-11-17(32(23,28)29)8-9-18(16)27(13)12-19-24-25-22(30-19)20-14(2)31-26-21(20)15-6-4-3-5-7-15/h3-9,11,13H,10,12H2,1-2H3,(H2,23,28,29)/t13-/m1/s1. The Balaban J connectivity index is 1.44. The molecule has 3 heterocycles. The topological polar surface area (TPSA) is 128 Å². The van der Waals surface area contributed by atoms with Crippen LogP contribution in [-0.4, -0.2) is 29.8 Å². The Morgan fingerprint density at radius 3 is 2.69 bits per heavy atom. The highest BCUT2D eigenvalue weighted by atomic mass is 32.2. The average Bonchev–Trinajstić information content (AvgIpc) is 3.45. The Morgan fingerprint density at radius 2 is 1.94 bits per heavy atom. The number of sulfonamides is 1. The van der Waals surface area contributed by atoms with Crippen molar-refractivity contribution in [3.05, 3.63) is 65.7 Å². The third kappa shape index (κ3) is 3.57. The van der Waals surface area contributed by atoms with E-state index in [0.29, 0.717) is 41.8 Å². The normalized spacial score (nSPS) is 15.8. The summed E-state index contributed by atoms with van der Waals surface area (Å²) >= 11 is 0. The number of primary sulfonamides is 1. The zero-order chi connectivity index (χ0) is 22.5. The van der Waals surface area contributed by atoms with Crippen LogP contribution in [0.3, 0.4) is 0 Å². The molecule has 32 heavy (non-hydrogen) atoms. The average molecular weight is 452 g/mol. The van der Waals surface area contributed by atoms with Gasteiger partial charge in [0.2, 0.25) is 15.9 Å². The van der Waals surface area contributed by atoms with E-state index in [-0.39, 0.29) is 10.9 Å². The summed E-state index contributed by atoms with van der Waals surface area (Å²) < 4.78 is 34.8. The van der Waals surface area contributed by atoms with E-state index in [2.05, 4.69) is 27.2 Å². The van der Waals surface area contributed by atoms with Gasteiger partial charge in [0.1, 0.15) is 17.0 Å². The quantitative estimate of drug-likeness (QED) is 0.489. The molecule has 2 N–H and O–H groups in total. The zero-order valence-electron chi connectivity index (χ0n) is 17.5. The first-order valence-corrected chi connectivity index (χ1v) is 11.6. The van der Waals surface area contributed by atoms with E-state index in [4.69, 9.17) is 14.1 Å². The molecule has 0 fully saturated rings. The monoisotopic (exact) mass is 451 g/mol. The molecular formula is C22H21N5O4S. The van der Waals surface area contributed by atoms with Crippen LogP contribution in [0.5, 0.6) is 0 Å². The number of aromatic nitrogens is 3. The third-order valence-electron chi connectivity index (χ3n) is 5.63. The second-order valence-corrected chi connectivity index (χ2v) is 9.41. The number of benzene rings is 2. The minimum atomic E-state index is -3.75. The second kappa shape index (κ2) is 7.57. The van der Waals surface area contributed by atoms with Gasteiger partial charge in [-0.25, -0.2) is 13.6 Å². The predicted octanol–water partition coefficient (Wildman–Crippen LogP) is 3.30. The first-order valence-electron chi connectivity index (χ1n) is 10.1. The van der Waals surface area contributed by atoms with Crippen LogP contribution >= 0.6 is 0 Å². The van der Waals surface area contributed by atoms with E-state index in [1.165, 1.54) is 6.07 Å². The number of fused-ring (bicyclic) bond motifs is 1. The highest BCUT2D eigenvalue weighted by Gasteiger charge is 2.29. The first-order chi connectivity index (χ1) is 15.3. The summed E-state index contributed by atoms with van der Waals surface area (Å²) in [4.78, 5) is 2.22. The maximum Gasteiger partial charge on any atom is 0.253 e. The Hall–Kier alpha value is -3.50. The molecule has 0 saturated carbocycles. The molecule has 0 saturated heterocycles. The van der Waals surface area contributed by atoms with Crippen LogP contribution in [-0.2, 0) is 23.0 Å². The van der Waals surface area contributed by atoms with Crippen LogP contribution in [0.4, 0.5) is 5.69 Å². The Kier molecular flexibility index (Phi) is 4.83. The fourth-order valence-electron chi connectivity index (χ4n) is 4.07. The lowest BCUT2D eigenvalue weighted by Crippen LogP contribution is -2.28. The number of hydrogen-bond donors (Lipinski definition) is 1. The van der Waals surface area contributed by atoms with Crippen molar-refractivity contribution in [1.29, 1.82) is 0 Å². The van der Waals surface area contributed by atoms with Gasteiger partial charge in [0, 0.05) is 17.3 Å². The summed E-state index contributed by atoms with van der Waals surface area (Å²) in [5.41, 5.74) is 4.06. The maximum absolute atomic E-state index is 11.7. The molecule has 1 aliphatic rings. The Labute approximate surface area is 184 Å². The van der Waals surface area contributed by atoms with Crippen LogP contribution in [0.1, 0.15) is 24.1 Å². The number of anilines is 1. The van der Waals surface area contributed by atoms with Gasteiger partial charge in [-0.2, -0.15) is 0 Å². The molecule has 0 bridgehead atoms. The first kappa shape index (κ1) is 20.4. The van der Waals surface area contributed by atoms with Gasteiger partial charge in [-0.05, 0) is 44.0 Å². The molecule has 9 nitrogen and oxygen atoms in total. The molecule has 0 unspecified atom stereocenters. The molecule has 0 spiro atoms. The summed E-state index contributed by atoms with van der Waals surface area (Å²) in [5, 5.41) is 17.9. The lowest BCUT2D eigenvalue weighted by molar-refractivity contribution is 0.399. The molecule has 164 valence electrons. The Bertz CT molecular complexity index is 1390. The van der Waals surface area contributed by atoms with E-state index < -0.39 is 10.0 Å². The molecule has 1 aliphatic heterocycles. The van der Waals surface area contributed by atoms with Gasteiger partial charge in [-0.1, -0.05) is 35.5 Å². The molecule has 2 aromatic heterocycles. The van der Waals surface area contributed by atoms with E-state index in [1.807, 2.05) is 30.3 Å². The van der Waals surface area contributed by atoms with Gasteiger partial charge in [0.25, 0.3) is 5.89 Å². The highest BCUT2D eigenvalue weighted by Crippen LogP contribution is 2.36. The predicted molar refractivity (Wildman–Crippen MR) is 117 cm³/mol. The van der Waals surface area contributed by atoms with Crippen LogP contribution in [0.25, 0.3) is 22.7 Å². The lowest BCUT2D eigenvalue weighted by atomic mass is 10.1. The van der Waals surface area contributed by atoms with Gasteiger partial charge in [-0.3, -0.25) is 0 Å². The van der Waals surface area contributed by atoms with Crippen molar-refractivity contribution >= 4 is 15.7 Å². The van der Waals surface area contributed by atoms with E-state index in [1.54, 1.807) is 19.1 Å².